The normalized spacial score (nSPS) is 15.8. The first-order valence-corrected chi connectivity index (χ1v) is 9.28. The summed E-state index contributed by atoms with van der Waals surface area (Å²) in [5.41, 5.74) is 1.97. The zero-order valence-corrected chi connectivity index (χ0v) is 16.0. The van der Waals surface area contributed by atoms with E-state index in [4.69, 9.17) is 0 Å². The van der Waals surface area contributed by atoms with Crippen molar-refractivity contribution in [2.45, 2.75) is 39.0 Å². The molecular weight excluding hydrogens is 387 g/mol. The molecule has 0 amide bonds. The van der Waals surface area contributed by atoms with Crippen molar-refractivity contribution in [3.63, 3.8) is 0 Å². The summed E-state index contributed by atoms with van der Waals surface area (Å²) in [6, 6.07) is 6.01. The van der Waals surface area contributed by atoms with E-state index in [1.807, 2.05) is 4.90 Å². The van der Waals surface area contributed by atoms with Gasteiger partial charge in [-0.1, -0.05) is 12.1 Å². The Kier molecular flexibility index (Phi) is 4.71. The summed E-state index contributed by atoms with van der Waals surface area (Å²) in [6.07, 6.45) is -3.13. The molecule has 154 valence electrons. The van der Waals surface area contributed by atoms with Crippen LogP contribution in [0.3, 0.4) is 0 Å². The second-order valence-corrected chi connectivity index (χ2v) is 7.17. The Bertz CT molecular complexity index is 1080. The van der Waals surface area contributed by atoms with Crippen LogP contribution in [0.2, 0.25) is 0 Å². The van der Waals surface area contributed by atoms with Crippen LogP contribution < -0.4 is 15.2 Å². The molecule has 0 bridgehead atoms. The highest BCUT2D eigenvalue weighted by Crippen LogP contribution is 2.32. The third kappa shape index (κ3) is 3.92. The van der Waals surface area contributed by atoms with Crippen molar-refractivity contribution in [3.05, 3.63) is 51.7 Å². The number of anilines is 1. The average molecular weight is 407 g/mol. The number of hydrogen-bond donors (Lipinski definition) is 1. The van der Waals surface area contributed by atoms with Crippen molar-refractivity contribution in [1.82, 2.24) is 19.6 Å². The van der Waals surface area contributed by atoms with E-state index in [0.29, 0.717) is 36.1 Å². The molecule has 0 saturated carbocycles. The second kappa shape index (κ2) is 7.09. The van der Waals surface area contributed by atoms with E-state index in [1.54, 1.807) is 26.0 Å². The maximum absolute atomic E-state index is 12.9. The minimum absolute atomic E-state index is 0.180. The van der Waals surface area contributed by atoms with Crippen molar-refractivity contribution >= 4 is 11.5 Å². The van der Waals surface area contributed by atoms with E-state index in [-0.39, 0.29) is 17.2 Å². The lowest BCUT2D eigenvalue weighted by molar-refractivity contribution is -0.274. The number of halogens is 3. The van der Waals surface area contributed by atoms with Gasteiger partial charge < -0.3 is 9.64 Å². The van der Waals surface area contributed by atoms with Crippen molar-refractivity contribution in [2.75, 3.05) is 18.0 Å². The van der Waals surface area contributed by atoms with E-state index in [1.165, 1.54) is 16.6 Å². The molecule has 0 atom stereocenters. The molecule has 1 saturated heterocycles. The first-order valence-electron chi connectivity index (χ1n) is 9.28. The average Bonchev–Trinajstić information content (AvgIpc) is 3.02. The fraction of sp³-hybridized carbons (Fsp3) is 0.421. The fourth-order valence-corrected chi connectivity index (χ4v) is 3.86. The molecule has 1 aliphatic rings. The van der Waals surface area contributed by atoms with Crippen molar-refractivity contribution in [3.8, 4) is 5.75 Å². The summed E-state index contributed by atoms with van der Waals surface area (Å²) in [5, 5.41) is 2.90. The number of nitrogens with zero attached hydrogens (tertiary/aromatic N) is 4. The Morgan fingerprint density at radius 3 is 2.38 bits per heavy atom. The number of alkyl halides is 3. The quantitative estimate of drug-likeness (QED) is 0.721. The lowest BCUT2D eigenvalue weighted by Gasteiger charge is -2.33. The van der Waals surface area contributed by atoms with Gasteiger partial charge >= 0.3 is 6.36 Å². The van der Waals surface area contributed by atoms with Gasteiger partial charge in [0, 0.05) is 13.1 Å². The first kappa shape index (κ1) is 19.3. The second-order valence-electron chi connectivity index (χ2n) is 7.17. The Balaban J connectivity index is 1.49. The van der Waals surface area contributed by atoms with Gasteiger partial charge in [-0.2, -0.15) is 9.50 Å². The van der Waals surface area contributed by atoms with Gasteiger partial charge in [-0.05, 0) is 50.3 Å². The molecule has 1 fully saturated rings. The van der Waals surface area contributed by atoms with E-state index >= 15 is 0 Å². The number of benzene rings is 1. The Morgan fingerprint density at radius 1 is 1.10 bits per heavy atom. The SMILES string of the molecule is Cc1nc2nc(C)c(N3CCC(c4ccc(OC(F)(F)F)cc4)CC3)c(=O)n2[nH]1. The third-order valence-electron chi connectivity index (χ3n) is 5.15. The van der Waals surface area contributed by atoms with E-state index in [0.717, 1.165) is 18.4 Å². The molecule has 0 aliphatic carbocycles. The number of aromatic nitrogens is 4. The summed E-state index contributed by atoms with van der Waals surface area (Å²) in [4.78, 5) is 23.5. The Morgan fingerprint density at radius 2 is 1.76 bits per heavy atom. The smallest absolute Gasteiger partial charge is 0.406 e. The molecule has 3 aromatic rings. The van der Waals surface area contributed by atoms with Crippen LogP contribution in [0.5, 0.6) is 5.75 Å². The summed E-state index contributed by atoms with van der Waals surface area (Å²) in [7, 11) is 0. The van der Waals surface area contributed by atoms with Crippen LogP contribution in [0.25, 0.3) is 5.78 Å². The highest BCUT2D eigenvalue weighted by molar-refractivity contribution is 5.52. The fourth-order valence-electron chi connectivity index (χ4n) is 3.86. The summed E-state index contributed by atoms with van der Waals surface area (Å²) in [5.74, 6) is 0.949. The molecule has 1 aliphatic heterocycles. The predicted octanol–water partition coefficient (Wildman–Crippen LogP) is 3.32. The molecule has 0 unspecified atom stereocenters. The van der Waals surface area contributed by atoms with Crippen LogP contribution in [-0.4, -0.2) is 39.0 Å². The van der Waals surface area contributed by atoms with Gasteiger partial charge in [0.1, 0.15) is 17.3 Å². The van der Waals surface area contributed by atoms with Crippen molar-refractivity contribution in [2.24, 2.45) is 0 Å². The molecule has 4 rings (SSSR count). The number of aromatic amines is 1. The lowest BCUT2D eigenvalue weighted by atomic mass is 9.89. The molecule has 0 spiro atoms. The number of H-pyrrole nitrogens is 1. The van der Waals surface area contributed by atoms with Crippen molar-refractivity contribution in [1.29, 1.82) is 0 Å². The van der Waals surface area contributed by atoms with Crippen LogP contribution in [0.1, 0.15) is 35.8 Å². The molecule has 29 heavy (non-hydrogen) atoms. The third-order valence-corrected chi connectivity index (χ3v) is 5.15. The van der Waals surface area contributed by atoms with Crippen LogP contribution >= 0.6 is 0 Å². The monoisotopic (exact) mass is 407 g/mol. The summed E-state index contributed by atoms with van der Waals surface area (Å²) in [6.45, 7) is 4.87. The largest absolute Gasteiger partial charge is 0.573 e. The number of piperidine rings is 1. The molecule has 3 heterocycles. The first-order chi connectivity index (χ1) is 13.7. The van der Waals surface area contributed by atoms with Gasteiger partial charge in [0.05, 0.1) is 5.69 Å². The van der Waals surface area contributed by atoms with E-state index in [9.17, 15) is 18.0 Å². The maximum Gasteiger partial charge on any atom is 0.573 e. The molecule has 1 aromatic carbocycles. The molecule has 0 radical (unpaired) electrons. The van der Waals surface area contributed by atoms with Crippen LogP contribution in [-0.2, 0) is 0 Å². The minimum atomic E-state index is -4.69. The topological polar surface area (TPSA) is 75.5 Å². The van der Waals surface area contributed by atoms with E-state index in [2.05, 4.69) is 19.8 Å². The van der Waals surface area contributed by atoms with Gasteiger partial charge in [0.25, 0.3) is 11.3 Å². The van der Waals surface area contributed by atoms with Crippen LogP contribution in [0.15, 0.2) is 29.1 Å². The minimum Gasteiger partial charge on any atom is -0.406 e. The summed E-state index contributed by atoms with van der Waals surface area (Å²) >= 11 is 0. The van der Waals surface area contributed by atoms with E-state index < -0.39 is 6.36 Å². The number of ether oxygens (including phenoxy) is 1. The van der Waals surface area contributed by atoms with Gasteiger partial charge in [0.2, 0.25) is 0 Å². The standard InChI is InChI=1S/C19H20F3N5O2/c1-11-16(17(28)27-18(23-11)24-12(2)25-27)26-9-7-14(8-10-26)13-3-5-15(6-4-13)29-19(20,21)22/h3-6,14H,7-10H2,1-2H3,(H,23,24,25). The predicted molar refractivity (Wildman–Crippen MR) is 100 cm³/mol. The molecule has 1 N–H and O–H groups in total. The Hall–Kier alpha value is -3.04. The van der Waals surface area contributed by atoms with Crippen molar-refractivity contribution < 1.29 is 17.9 Å². The van der Waals surface area contributed by atoms with Gasteiger partial charge in [-0.3, -0.25) is 9.89 Å². The highest BCUT2D eigenvalue weighted by Gasteiger charge is 2.31. The van der Waals surface area contributed by atoms with Gasteiger partial charge in [-0.25, -0.2) is 4.98 Å². The number of aryl methyl sites for hydroxylation is 2. The molecular formula is C19H20F3N5O2. The van der Waals surface area contributed by atoms with Gasteiger partial charge in [-0.15, -0.1) is 13.2 Å². The molecule has 7 nitrogen and oxygen atoms in total. The number of rotatable bonds is 3. The van der Waals surface area contributed by atoms with Crippen LogP contribution in [0, 0.1) is 13.8 Å². The summed E-state index contributed by atoms with van der Waals surface area (Å²) < 4.78 is 42.2. The van der Waals surface area contributed by atoms with Gasteiger partial charge in [0.15, 0.2) is 0 Å². The highest BCUT2D eigenvalue weighted by atomic mass is 19.4. The zero-order chi connectivity index (χ0) is 20.8. The van der Waals surface area contributed by atoms with Crippen LogP contribution in [0.4, 0.5) is 18.9 Å². The number of nitrogens with one attached hydrogen (secondary N) is 1. The lowest BCUT2D eigenvalue weighted by Crippen LogP contribution is -2.38. The molecule has 2 aromatic heterocycles. The Labute approximate surface area is 164 Å². The zero-order valence-electron chi connectivity index (χ0n) is 16.0. The molecule has 10 heteroatoms. The number of hydrogen-bond acceptors (Lipinski definition) is 5. The number of fused-ring (bicyclic) bond motifs is 1. The maximum atomic E-state index is 12.9.